The Labute approximate surface area is 124 Å². The molecular formula is C14H12N4O2S. The van der Waals surface area contributed by atoms with Gasteiger partial charge in [0.1, 0.15) is 5.69 Å². The minimum atomic E-state index is -0.0538. The van der Waals surface area contributed by atoms with Crippen molar-refractivity contribution in [3.8, 4) is 22.3 Å². The molecule has 0 aliphatic heterocycles. The van der Waals surface area contributed by atoms with Crippen molar-refractivity contribution in [2.75, 3.05) is 0 Å². The Morgan fingerprint density at radius 1 is 1.33 bits per heavy atom. The van der Waals surface area contributed by atoms with Gasteiger partial charge in [0, 0.05) is 18.0 Å². The zero-order chi connectivity index (χ0) is 14.7. The van der Waals surface area contributed by atoms with Gasteiger partial charge >= 0.3 is 0 Å². The molecule has 0 saturated heterocycles. The quantitative estimate of drug-likeness (QED) is 0.800. The zero-order valence-electron chi connectivity index (χ0n) is 11.2. The highest BCUT2D eigenvalue weighted by molar-refractivity contribution is 7.15. The van der Waals surface area contributed by atoms with Crippen molar-refractivity contribution in [2.24, 2.45) is 0 Å². The predicted octanol–water partition coefficient (Wildman–Crippen LogP) is 2.50. The van der Waals surface area contributed by atoms with E-state index >= 15 is 0 Å². The molecule has 21 heavy (non-hydrogen) atoms. The molecule has 0 aromatic carbocycles. The Morgan fingerprint density at radius 3 is 3.00 bits per heavy atom. The van der Waals surface area contributed by atoms with E-state index in [0.29, 0.717) is 24.0 Å². The van der Waals surface area contributed by atoms with E-state index in [9.17, 15) is 4.79 Å². The first-order valence-corrected chi connectivity index (χ1v) is 7.12. The number of carbonyl (C=O) groups is 1. The van der Waals surface area contributed by atoms with Crippen molar-refractivity contribution in [3.05, 3.63) is 41.4 Å². The monoisotopic (exact) mass is 300 g/mol. The summed E-state index contributed by atoms with van der Waals surface area (Å²) in [6.07, 6.45) is 1.68. The molecule has 1 amide bonds. The smallest absolute Gasteiger partial charge is 0.276 e. The molecule has 0 atom stereocenters. The van der Waals surface area contributed by atoms with Crippen molar-refractivity contribution in [2.45, 2.75) is 13.5 Å². The minimum absolute atomic E-state index is 0.0538. The van der Waals surface area contributed by atoms with Gasteiger partial charge in [-0.3, -0.25) is 9.78 Å². The molecule has 106 valence electrons. The predicted molar refractivity (Wildman–Crippen MR) is 78.4 cm³/mol. The number of thiophene rings is 1. The highest BCUT2D eigenvalue weighted by atomic mass is 32.1. The zero-order valence-corrected chi connectivity index (χ0v) is 12.1. The summed E-state index contributed by atoms with van der Waals surface area (Å²) in [7, 11) is 0. The van der Waals surface area contributed by atoms with E-state index < -0.39 is 0 Å². The number of nitrogens with one attached hydrogen (secondary N) is 1. The second kappa shape index (κ2) is 5.84. The van der Waals surface area contributed by atoms with Gasteiger partial charge in [0.05, 0.1) is 11.4 Å². The Balaban J connectivity index is 1.79. The Kier molecular flexibility index (Phi) is 3.74. The van der Waals surface area contributed by atoms with Crippen LogP contribution in [0.2, 0.25) is 0 Å². The third kappa shape index (κ3) is 3.14. The first-order valence-electron chi connectivity index (χ1n) is 6.31. The fourth-order valence-electron chi connectivity index (χ4n) is 1.72. The molecule has 3 rings (SSSR count). The van der Waals surface area contributed by atoms with E-state index in [0.717, 1.165) is 9.75 Å². The summed E-state index contributed by atoms with van der Waals surface area (Å²) in [6.45, 7) is 2.00. The van der Waals surface area contributed by atoms with Gasteiger partial charge in [-0.1, -0.05) is 11.2 Å². The minimum Gasteiger partial charge on any atom is -0.351 e. The first kappa shape index (κ1) is 13.4. The molecule has 3 heterocycles. The topological polar surface area (TPSA) is 80.9 Å². The van der Waals surface area contributed by atoms with Crippen LogP contribution in [0.5, 0.6) is 0 Å². The number of pyridine rings is 1. The third-order valence-corrected chi connectivity index (χ3v) is 3.78. The van der Waals surface area contributed by atoms with Crippen LogP contribution in [0.3, 0.4) is 0 Å². The maximum atomic E-state index is 10.9. The summed E-state index contributed by atoms with van der Waals surface area (Å²) >= 11 is 1.52. The average molecular weight is 300 g/mol. The van der Waals surface area contributed by atoms with Crippen LogP contribution in [0.15, 0.2) is 41.1 Å². The maximum absolute atomic E-state index is 10.9. The van der Waals surface area contributed by atoms with Crippen molar-refractivity contribution < 1.29 is 9.32 Å². The number of rotatable bonds is 4. The first-order chi connectivity index (χ1) is 10.2. The van der Waals surface area contributed by atoms with Crippen LogP contribution >= 0.6 is 11.3 Å². The van der Waals surface area contributed by atoms with E-state index in [2.05, 4.69) is 20.4 Å². The van der Waals surface area contributed by atoms with Gasteiger partial charge in [-0.25, -0.2) is 0 Å². The number of hydrogen-bond acceptors (Lipinski definition) is 6. The van der Waals surface area contributed by atoms with Gasteiger partial charge in [0.25, 0.3) is 5.89 Å². The lowest BCUT2D eigenvalue weighted by Crippen LogP contribution is -2.17. The second-order valence-electron chi connectivity index (χ2n) is 4.31. The fourth-order valence-corrected chi connectivity index (χ4v) is 2.59. The SMILES string of the molecule is CC(=O)NCc1ccc(-c2noc(-c3ccccn3)n2)s1. The number of nitrogens with zero attached hydrogens (tertiary/aromatic N) is 3. The summed E-state index contributed by atoms with van der Waals surface area (Å²) in [5.41, 5.74) is 0.645. The van der Waals surface area contributed by atoms with Crippen LogP contribution in [0.4, 0.5) is 0 Å². The van der Waals surface area contributed by atoms with Crippen LogP contribution in [-0.2, 0) is 11.3 Å². The van der Waals surface area contributed by atoms with E-state index in [4.69, 9.17) is 4.52 Å². The summed E-state index contributed by atoms with van der Waals surface area (Å²) in [6, 6.07) is 9.35. The van der Waals surface area contributed by atoms with Crippen molar-refractivity contribution in [1.82, 2.24) is 20.4 Å². The van der Waals surface area contributed by atoms with Crippen LogP contribution in [0.1, 0.15) is 11.8 Å². The van der Waals surface area contributed by atoms with Crippen LogP contribution < -0.4 is 5.32 Å². The molecule has 1 N–H and O–H groups in total. The van der Waals surface area contributed by atoms with Gasteiger partial charge in [-0.2, -0.15) is 4.98 Å². The molecule has 3 aromatic rings. The number of hydrogen-bond donors (Lipinski definition) is 1. The normalized spacial score (nSPS) is 10.5. The second-order valence-corrected chi connectivity index (χ2v) is 5.48. The largest absolute Gasteiger partial charge is 0.351 e. The lowest BCUT2D eigenvalue weighted by molar-refractivity contribution is -0.119. The number of aromatic nitrogens is 3. The fraction of sp³-hybridized carbons (Fsp3) is 0.143. The molecule has 3 aromatic heterocycles. The van der Waals surface area contributed by atoms with E-state index in [1.165, 1.54) is 18.3 Å². The molecule has 0 spiro atoms. The van der Waals surface area contributed by atoms with Crippen molar-refractivity contribution in [1.29, 1.82) is 0 Å². The van der Waals surface area contributed by atoms with E-state index in [1.54, 1.807) is 6.20 Å². The maximum Gasteiger partial charge on any atom is 0.276 e. The lowest BCUT2D eigenvalue weighted by Gasteiger charge is -1.96. The highest BCUT2D eigenvalue weighted by Gasteiger charge is 2.13. The van der Waals surface area contributed by atoms with Crippen LogP contribution in [0.25, 0.3) is 22.3 Å². The molecule has 0 saturated carbocycles. The van der Waals surface area contributed by atoms with Crippen molar-refractivity contribution in [3.63, 3.8) is 0 Å². The molecule has 0 fully saturated rings. The Morgan fingerprint density at radius 2 is 2.24 bits per heavy atom. The third-order valence-electron chi connectivity index (χ3n) is 2.70. The molecule has 6 nitrogen and oxygen atoms in total. The van der Waals surface area contributed by atoms with Crippen molar-refractivity contribution >= 4 is 17.2 Å². The highest BCUT2D eigenvalue weighted by Crippen LogP contribution is 2.27. The molecule has 0 bridgehead atoms. The summed E-state index contributed by atoms with van der Waals surface area (Å²) in [5.74, 6) is 0.860. The van der Waals surface area contributed by atoms with Gasteiger partial charge in [0.15, 0.2) is 0 Å². The number of amides is 1. The number of carbonyl (C=O) groups excluding carboxylic acids is 1. The summed E-state index contributed by atoms with van der Waals surface area (Å²) in [5, 5.41) is 6.72. The standard InChI is InChI=1S/C14H12N4O2S/c1-9(19)16-8-10-5-6-12(21-10)13-17-14(20-18-13)11-4-2-3-7-15-11/h2-7H,8H2,1H3,(H,16,19). The van der Waals surface area contributed by atoms with Gasteiger partial charge in [-0.05, 0) is 24.3 Å². The summed E-state index contributed by atoms with van der Waals surface area (Å²) < 4.78 is 5.23. The van der Waals surface area contributed by atoms with E-state index in [-0.39, 0.29) is 5.91 Å². The molecule has 0 aliphatic carbocycles. The summed E-state index contributed by atoms with van der Waals surface area (Å²) in [4.78, 5) is 21.3. The molecule has 7 heteroatoms. The van der Waals surface area contributed by atoms with E-state index in [1.807, 2.05) is 30.3 Å². The Bertz CT molecular complexity index is 751. The average Bonchev–Trinajstić information content (AvgIpc) is 3.15. The van der Waals surface area contributed by atoms with Gasteiger partial charge < -0.3 is 9.84 Å². The van der Waals surface area contributed by atoms with Crippen LogP contribution in [0, 0.1) is 0 Å². The molecular weight excluding hydrogens is 288 g/mol. The Hall–Kier alpha value is -2.54. The lowest BCUT2D eigenvalue weighted by atomic mass is 10.3. The van der Waals surface area contributed by atoms with Gasteiger partial charge in [0.2, 0.25) is 11.7 Å². The molecule has 0 unspecified atom stereocenters. The van der Waals surface area contributed by atoms with Crippen LogP contribution in [-0.4, -0.2) is 21.0 Å². The molecule has 0 aliphatic rings. The molecule has 0 radical (unpaired) electrons. The van der Waals surface area contributed by atoms with Gasteiger partial charge in [-0.15, -0.1) is 11.3 Å².